The van der Waals surface area contributed by atoms with Gasteiger partial charge in [0.1, 0.15) is 22.5 Å². The molecule has 0 spiro atoms. The number of benzene rings is 1. The summed E-state index contributed by atoms with van der Waals surface area (Å²) in [6.45, 7) is 15.0. The van der Waals surface area contributed by atoms with Gasteiger partial charge in [-0.3, -0.25) is 33.7 Å². The number of thiazole rings is 1. The number of rotatable bonds is 22. The zero-order valence-electron chi connectivity index (χ0n) is 36.2. The maximum atomic E-state index is 14.9. The van der Waals surface area contributed by atoms with Crippen LogP contribution in [-0.4, -0.2) is 105 Å². The minimum absolute atomic E-state index is 0.0445. The van der Waals surface area contributed by atoms with Crippen molar-refractivity contribution in [3.63, 3.8) is 0 Å². The van der Waals surface area contributed by atoms with E-state index in [1.807, 2.05) is 53.5 Å². The minimum atomic E-state index is -1.00. The smallest absolute Gasteiger partial charge is 0.306 e. The van der Waals surface area contributed by atoms with Crippen molar-refractivity contribution < 1.29 is 43.7 Å². The molecule has 1 aliphatic heterocycles. The number of esters is 1. The Labute approximate surface area is 353 Å². The summed E-state index contributed by atoms with van der Waals surface area (Å²) in [7, 11) is 1.91. The molecule has 15 nitrogen and oxygen atoms in total. The van der Waals surface area contributed by atoms with Crippen LogP contribution in [0.1, 0.15) is 127 Å². The summed E-state index contributed by atoms with van der Waals surface area (Å²) in [6.07, 6.45) is 2.97. The van der Waals surface area contributed by atoms with E-state index in [1.165, 1.54) is 24.4 Å². The number of carbonyl (C=O) groups is 6. The van der Waals surface area contributed by atoms with Crippen LogP contribution in [0.15, 0.2) is 29.6 Å². The Hall–Kier alpha value is -4.57. The molecule has 1 aliphatic rings. The van der Waals surface area contributed by atoms with E-state index in [9.17, 15) is 39.0 Å². The van der Waals surface area contributed by atoms with Gasteiger partial charge in [-0.05, 0) is 74.7 Å². The lowest BCUT2D eigenvalue weighted by Crippen LogP contribution is -2.60. The lowest BCUT2D eigenvalue weighted by atomic mass is 9.92. The van der Waals surface area contributed by atoms with Gasteiger partial charge in [0.05, 0.1) is 18.6 Å². The molecule has 5 N–H and O–H groups in total. The molecule has 4 amide bonds. The summed E-state index contributed by atoms with van der Waals surface area (Å²) in [6, 6.07) is 3.98. The molecule has 2 aromatic rings. The zero-order chi connectivity index (χ0) is 44.0. The molecule has 328 valence electrons. The van der Waals surface area contributed by atoms with E-state index in [0.29, 0.717) is 24.3 Å². The first-order chi connectivity index (χ1) is 27.8. The first-order valence-electron chi connectivity index (χ1n) is 20.8. The molecule has 59 heavy (non-hydrogen) atoms. The molecule has 3 rings (SSSR count). The third kappa shape index (κ3) is 15.2. The number of hydrogen-bond acceptors (Lipinski definition) is 11. The second-order valence-electron chi connectivity index (χ2n) is 16.8. The number of phenolic OH excluding ortho intramolecular Hbond substituents is 1. The third-order valence-electron chi connectivity index (χ3n) is 11.0. The van der Waals surface area contributed by atoms with Gasteiger partial charge in [-0.1, -0.05) is 73.4 Å². The monoisotopic (exact) mass is 842 g/mol. The Morgan fingerprint density at radius 3 is 2.25 bits per heavy atom. The zero-order valence-corrected chi connectivity index (χ0v) is 37.0. The van der Waals surface area contributed by atoms with Gasteiger partial charge in [0.15, 0.2) is 6.10 Å². The average molecular weight is 843 g/mol. The number of nitrogens with zero attached hydrogens (tertiary/aromatic N) is 3. The van der Waals surface area contributed by atoms with Crippen molar-refractivity contribution in [3.8, 4) is 5.75 Å². The number of carboxylic acid groups (broad SMARTS) is 1. The highest BCUT2D eigenvalue weighted by molar-refractivity contribution is 7.09. The maximum Gasteiger partial charge on any atom is 0.306 e. The van der Waals surface area contributed by atoms with E-state index < -0.39 is 48.0 Å². The Balaban J connectivity index is 1.96. The number of aromatic nitrogens is 1. The lowest BCUT2D eigenvalue weighted by molar-refractivity contribution is -0.150. The minimum Gasteiger partial charge on any atom is -0.508 e. The average Bonchev–Trinajstić information content (AvgIpc) is 3.67. The van der Waals surface area contributed by atoms with Crippen molar-refractivity contribution in [2.45, 2.75) is 137 Å². The molecular formula is C43H66N6O9S. The van der Waals surface area contributed by atoms with Crippen LogP contribution >= 0.6 is 11.3 Å². The summed E-state index contributed by atoms with van der Waals surface area (Å²) in [4.78, 5) is 87.8. The van der Waals surface area contributed by atoms with E-state index in [1.54, 1.807) is 24.0 Å². The topological polar surface area (TPSA) is 208 Å². The molecule has 1 saturated heterocycles. The molecule has 0 unspecified atom stereocenters. The number of hydrogen-bond donors (Lipinski definition) is 5. The molecular weight excluding hydrogens is 777 g/mol. The van der Waals surface area contributed by atoms with Gasteiger partial charge >= 0.3 is 11.9 Å². The number of carboxylic acids is 1. The van der Waals surface area contributed by atoms with Gasteiger partial charge in [-0.15, -0.1) is 11.3 Å². The fourth-order valence-electron chi connectivity index (χ4n) is 7.31. The predicted molar refractivity (Wildman–Crippen MR) is 225 cm³/mol. The predicted octanol–water partition coefficient (Wildman–Crippen LogP) is 5.28. The SMILES string of the molecule is CC[C@H](C)[C@H](NC(=O)[C@H]1CCCCN1C)C(=O)N(CNC(=O)CC(C)C)[C@H](C[C@@H](OC(C)=O)c1nc(C(=O)N[C@@H](Cc2ccc(O)cc2)C[C@H](C)C(=O)O)cs1)C(C)C. The van der Waals surface area contributed by atoms with Crippen LogP contribution in [0.2, 0.25) is 0 Å². The number of nitrogens with one attached hydrogen (secondary N) is 3. The van der Waals surface area contributed by atoms with Gasteiger partial charge in [-0.25, -0.2) is 4.98 Å². The molecule has 7 atom stereocenters. The summed E-state index contributed by atoms with van der Waals surface area (Å²) >= 11 is 1.11. The molecule has 1 aromatic heterocycles. The normalized spacial score (nSPS) is 17.6. The summed E-state index contributed by atoms with van der Waals surface area (Å²) < 4.78 is 5.84. The first-order valence-corrected chi connectivity index (χ1v) is 21.7. The first kappa shape index (κ1) is 48.8. The number of amides is 4. The van der Waals surface area contributed by atoms with Crippen LogP contribution < -0.4 is 16.0 Å². The van der Waals surface area contributed by atoms with Crippen LogP contribution in [0.4, 0.5) is 0 Å². The fraction of sp³-hybridized carbons (Fsp3) is 0.651. The summed E-state index contributed by atoms with van der Waals surface area (Å²) in [5, 5.41) is 30.1. The number of carbonyl (C=O) groups excluding carboxylic acids is 5. The van der Waals surface area contributed by atoms with E-state index in [2.05, 4.69) is 20.9 Å². The molecule has 1 fully saturated rings. The standard InChI is InChI=1S/C43H66N6O9S/c1-10-27(6)38(47-40(54)34-13-11-12-18-48(34)9)42(55)49(24-44-37(52)19-25(2)3)35(26(4)5)22-36(58-29(8)50)41-46-33(23-59-41)39(53)45-31(20-28(7)43(56)57)21-30-14-16-32(51)17-15-30/h14-17,23,25-28,31,34-36,38,51H,10-13,18-22,24H2,1-9H3,(H,44,52)(H,45,53)(H,47,54)(H,56,57)/t27-,28-,31+,34+,35+,36+,38-/m0/s1. The highest BCUT2D eigenvalue weighted by Crippen LogP contribution is 2.32. The number of aromatic hydroxyl groups is 1. The van der Waals surface area contributed by atoms with Crippen molar-refractivity contribution in [2.24, 2.45) is 23.7 Å². The Morgan fingerprint density at radius 2 is 1.68 bits per heavy atom. The van der Waals surface area contributed by atoms with E-state index >= 15 is 0 Å². The van der Waals surface area contributed by atoms with Gasteiger partial charge in [-0.2, -0.15) is 0 Å². The largest absolute Gasteiger partial charge is 0.508 e. The Kier molecular flexibility index (Phi) is 19.3. The van der Waals surface area contributed by atoms with Crippen molar-refractivity contribution in [2.75, 3.05) is 20.3 Å². The summed E-state index contributed by atoms with van der Waals surface area (Å²) in [5.74, 6) is -4.04. The highest BCUT2D eigenvalue weighted by Gasteiger charge is 2.39. The van der Waals surface area contributed by atoms with Gasteiger partial charge in [0.25, 0.3) is 5.91 Å². The lowest BCUT2D eigenvalue weighted by Gasteiger charge is -2.40. The Bertz CT molecular complexity index is 1720. The second-order valence-corrected chi connectivity index (χ2v) is 17.6. The van der Waals surface area contributed by atoms with Crippen molar-refractivity contribution in [1.82, 2.24) is 30.7 Å². The Morgan fingerprint density at radius 1 is 1.00 bits per heavy atom. The second kappa shape index (κ2) is 23.3. The van der Waals surface area contributed by atoms with Crippen molar-refractivity contribution in [1.29, 1.82) is 0 Å². The van der Waals surface area contributed by atoms with Crippen LogP contribution in [0.3, 0.4) is 0 Å². The van der Waals surface area contributed by atoms with Gasteiger partial charge in [0.2, 0.25) is 17.7 Å². The van der Waals surface area contributed by atoms with Crippen LogP contribution in [-0.2, 0) is 35.1 Å². The van der Waals surface area contributed by atoms with E-state index in [0.717, 1.165) is 36.3 Å². The molecule has 1 aromatic carbocycles. The number of aliphatic carboxylic acids is 1. The number of likely N-dealkylation sites (tertiary alicyclic amines) is 1. The number of likely N-dealkylation sites (N-methyl/N-ethyl adjacent to an activating group) is 1. The van der Waals surface area contributed by atoms with Crippen molar-refractivity contribution >= 4 is 46.9 Å². The third-order valence-corrected chi connectivity index (χ3v) is 11.9. The van der Waals surface area contributed by atoms with E-state index in [-0.39, 0.29) is 78.9 Å². The van der Waals surface area contributed by atoms with Crippen LogP contribution in [0.5, 0.6) is 5.75 Å². The van der Waals surface area contributed by atoms with Crippen molar-refractivity contribution in [3.05, 3.63) is 45.9 Å². The van der Waals surface area contributed by atoms with Gasteiger partial charge < -0.3 is 35.8 Å². The number of piperidine rings is 1. The highest BCUT2D eigenvalue weighted by atomic mass is 32.1. The quantitative estimate of drug-likeness (QED) is 0.0761. The number of ether oxygens (including phenoxy) is 1. The summed E-state index contributed by atoms with van der Waals surface area (Å²) in [5.41, 5.74) is 0.832. The number of phenols is 1. The van der Waals surface area contributed by atoms with Crippen LogP contribution in [0, 0.1) is 23.7 Å². The molecule has 0 saturated carbocycles. The van der Waals surface area contributed by atoms with E-state index in [4.69, 9.17) is 4.74 Å². The van der Waals surface area contributed by atoms with Gasteiger partial charge in [0, 0.05) is 37.2 Å². The van der Waals surface area contributed by atoms with Crippen LogP contribution in [0.25, 0.3) is 0 Å². The maximum absolute atomic E-state index is 14.9. The molecule has 16 heteroatoms. The molecule has 0 bridgehead atoms. The molecule has 0 radical (unpaired) electrons. The molecule has 0 aliphatic carbocycles. The molecule has 2 heterocycles. The fourth-order valence-corrected chi connectivity index (χ4v) is 8.15.